The molecule has 4 rings (SSSR count). The van der Waals surface area contributed by atoms with Crippen LogP contribution in [0.5, 0.6) is 0 Å². The lowest BCUT2D eigenvalue weighted by Gasteiger charge is -2.27. The average Bonchev–Trinajstić information content (AvgIpc) is 2.73. The minimum atomic E-state index is 0.285. The second-order valence-electron chi connectivity index (χ2n) is 7.56. The van der Waals surface area contributed by atoms with Gasteiger partial charge in [-0.1, -0.05) is 42.3 Å². The third-order valence-electron chi connectivity index (χ3n) is 5.44. The topological polar surface area (TPSA) is 49.8 Å². The molecule has 29 heavy (non-hydrogen) atoms. The molecular formula is C25H26N4. The van der Waals surface area contributed by atoms with Crippen molar-refractivity contribution in [1.29, 1.82) is 0 Å². The molecule has 0 bridgehead atoms. The van der Waals surface area contributed by atoms with Gasteiger partial charge in [0, 0.05) is 17.3 Å². The van der Waals surface area contributed by atoms with E-state index in [2.05, 4.69) is 75.9 Å². The third-order valence-corrected chi connectivity index (χ3v) is 5.44. The molecule has 0 saturated heterocycles. The molecule has 0 unspecified atom stereocenters. The van der Waals surface area contributed by atoms with E-state index in [0.717, 1.165) is 47.0 Å². The number of nitrogens with one attached hydrogen (secondary N) is 2. The van der Waals surface area contributed by atoms with Crippen LogP contribution in [0, 0.1) is 26.2 Å². The molecule has 0 radical (unpaired) electrons. The number of benzene rings is 2. The molecule has 0 spiro atoms. The lowest BCUT2D eigenvalue weighted by Crippen LogP contribution is -2.18. The predicted molar refractivity (Wildman–Crippen MR) is 120 cm³/mol. The van der Waals surface area contributed by atoms with Gasteiger partial charge >= 0.3 is 0 Å². The Morgan fingerprint density at radius 1 is 1.10 bits per heavy atom. The van der Waals surface area contributed by atoms with Crippen LogP contribution in [-0.4, -0.2) is 16.5 Å². The van der Waals surface area contributed by atoms with E-state index in [1.165, 1.54) is 17.5 Å². The minimum absolute atomic E-state index is 0.285. The van der Waals surface area contributed by atoms with Crippen molar-refractivity contribution in [2.24, 2.45) is 0 Å². The Balaban J connectivity index is 1.63. The number of aryl methyl sites for hydroxylation is 3. The van der Waals surface area contributed by atoms with E-state index >= 15 is 0 Å². The molecule has 1 aliphatic rings. The Labute approximate surface area is 172 Å². The molecule has 3 aromatic rings. The van der Waals surface area contributed by atoms with Gasteiger partial charge in [0.15, 0.2) is 0 Å². The summed E-state index contributed by atoms with van der Waals surface area (Å²) in [5.41, 5.74) is 6.97. The Morgan fingerprint density at radius 3 is 2.83 bits per heavy atom. The van der Waals surface area contributed by atoms with Gasteiger partial charge < -0.3 is 10.6 Å². The monoisotopic (exact) mass is 382 g/mol. The van der Waals surface area contributed by atoms with Crippen molar-refractivity contribution in [3.63, 3.8) is 0 Å². The van der Waals surface area contributed by atoms with Crippen LogP contribution in [0.2, 0.25) is 0 Å². The summed E-state index contributed by atoms with van der Waals surface area (Å²) in [6.07, 6.45) is 8.85. The summed E-state index contributed by atoms with van der Waals surface area (Å²) >= 11 is 0. The van der Waals surface area contributed by atoms with Crippen LogP contribution in [0.1, 0.15) is 41.4 Å². The second kappa shape index (κ2) is 8.36. The molecule has 2 N–H and O–H groups in total. The summed E-state index contributed by atoms with van der Waals surface area (Å²) in [5, 5.41) is 6.94. The maximum atomic E-state index is 5.40. The van der Waals surface area contributed by atoms with Crippen molar-refractivity contribution in [1.82, 2.24) is 9.97 Å². The fourth-order valence-corrected chi connectivity index (χ4v) is 3.99. The first-order chi connectivity index (χ1) is 14.1. The van der Waals surface area contributed by atoms with Crippen LogP contribution >= 0.6 is 0 Å². The highest BCUT2D eigenvalue weighted by Crippen LogP contribution is 2.33. The number of hydrogen-bond acceptors (Lipinski definition) is 4. The van der Waals surface area contributed by atoms with E-state index in [9.17, 15) is 0 Å². The van der Waals surface area contributed by atoms with Crippen molar-refractivity contribution in [2.45, 2.75) is 39.2 Å². The predicted octanol–water partition coefficient (Wildman–Crippen LogP) is 5.30. The van der Waals surface area contributed by atoms with E-state index in [4.69, 9.17) is 6.42 Å². The molecule has 4 heteroatoms. The first kappa shape index (κ1) is 19.0. The Kier molecular flexibility index (Phi) is 5.48. The van der Waals surface area contributed by atoms with Gasteiger partial charge in [0.25, 0.3) is 0 Å². The minimum Gasteiger partial charge on any atom is -0.374 e. The third kappa shape index (κ3) is 4.25. The second-order valence-corrected chi connectivity index (χ2v) is 7.56. The zero-order valence-electron chi connectivity index (χ0n) is 17.0. The smallest absolute Gasteiger partial charge is 0.130 e. The molecule has 1 heterocycles. The Bertz CT molecular complexity index is 1060. The van der Waals surface area contributed by atoms with Gasteiger partial charge in [-0.25, -0.2) is 9.97 Å². The molecule has 4 nitrogen and oxygen atoms in total. The fourth-order valence-electron chi connectivity index (χ4n) is 3.99. The van der Waals surface area contributed by atoms with E-state index in [0.29, 0.717) is 6.54 Å². The number of anilines is 2. The van der Waals surface area contributed by atoms with Crippen molar-refractivity contribution in [2.75, 3.05) is 17.2 Å². The largest absolute Gasteiger partial charge is 0.374 e. The lowest BCUT2D eigenvalue weighted by molar-refractivity contribution is 0.598. The van der Waals surface area contributed by atoms with Crippen LogP contribution < -0.4 is 10.6 Å². The number of fused-ring (bicyclic) bond motifs is 1. The molecule has 1 aliphatic carbocycles. The normalized spacial score (nSPS) is 15.3. The number of nitrogens with zero attached hydrogens (tertiary/aromatic N) is 2. The molecule has 1 aromatic heterocycles. The summed E-state index contributed by atoms with van der Waals surface area (Å²) in [4.78, 5) is 9.32. The van der Waals surface area contributed by atoms with E-state index in [1.807, 2.05) is 13.0 Å². The summed E-state index contributed by atoms with van der Waals surface area (Å²) < 4.78 is 0. The van der Waals surface area contributed by atoms with Crippen LogP contribution in [-0.2, 0) is 6.42 Å². The lowest BCUT2D eigenvalue weighted by atomic mass is 9.88. The van der Waals surface area contributed by atoms with Gasteiger partial charge in [0.1, 0.15) is 11.6 Å². The van der Waals surface area contributed by atoms with Crippen LogP contribution in [0.15, 0.2) is 48.5 Å². The van der Waals surface area contributed by atoms with Crippen molar-refractivity contribution in [3.05, 3.63) is 71.0 Å². The highest BCUT2D eigenvalue weighted by atomic mass is 15.0. The molecule has 0 aliphatic heterocycles. The molecule has 0 saturated carbocycles. The zero-order chi connectivity index (χ0) is 20.2. The highest BCUT2D eigenvalue weighted by molar-refractivity contribution is 5.69. The maximum Gasteiger partial charge on any atom is 0.130 e. The van der Waals surface area contributed by atoms with Crippen molar-refractivity contribution >= 4 is 11.5 Å². The van der Waals surface area contributed by atoms with Crippen molar-refractivity contribution in [3.8, 4) is 23.6 Å². The SMILES string of the molecule is C#CCNc1cc(-c2cc(N[C@@H]3CCCc4ccccc43)nc(C)n2)ccc1C. The first-order valence-electron chi connectivity index (χ1n) is 10.1. The molecule has 0 fully saturated rings. The van der Waals surface area contributed by atoms with E-state index in [-0.39, 0.29) is 6.04 Å². The Morgan fingerprint density at radius 2 is 1.97 bits per heavy atom. The van der Waals surface area contributed by atoms with Crippen molar-refractivity contribution < 1.29 is 0 Å². The van der Waals surface area contributed by atoms with Gasteiger partial charge in [-0.05, 0) is 55.9 Å². The number of rotatable bonds is 5. The molecule has 0 amide bonds. The average molecular weight is 383 g/mol. The van der Waals surface area contributed by atoms with Gasteiger partial charge in [-0.15, -0.1) is 6.42 Å². The zero-order valence-corrected chi connectivity index (χ0v) is 17.0. The molecule has 146 valence electrons. The maximum absolute atomic E-state index is 5.40. The van der Waals surface area contributed by atoms with Gasteiger partial charge in [-0.2, -0.15) is 0 Å². The molecular weight excluding hydrogens is 356 g/mol. The fraction of sp³-hybridized carbons (Fsp3) is 0.280. The molecule has 2 aromatic carbocycles. The highest BCUT2D eigenvalue weighted by Gasteiger charge is 2.20. The van der Waals surface area contributed by atoms with Gasteiger partial charge in [0.2, 0.25) is 0 Å². The summed E-state index contributed by atoms with van der Waals surface area (Å²) in [6.45, 7) is 4.51. The van der Waals surface area contributed by atoms with Gasteiger partial charge in [-0.3, -0.25) is 0 Å². The summed E-state index contributed by atoms with van der Waals surface area (Å²) in [7, 11) is 0. The van der Waals surface area contributed by atoms with Crippen LogP contribution in [0.25, 0.3) is 11.3 Å². The van der Waals surface area contributed by atoms with Crippen LogP contribution in [0.4, 0.5) is 11.5 Å². The quantitative estimate of drug-likeness (QED) is 0.588. The summed E-state index contributed by atoms with van der Waals surface area (Å²) in [6, 6.07) is 17.3. The van der Waals surface area contributed by atoms with E-state index < -0.39 is 0 Å². The number of hydrogen-bond donors (Lipinski definition) is 2. The first-order valence-corrected chi connectivity index (χ1v) is 10.1. The number of aromatic nitrogens is 2. The van der Waals surface area contributed by atoms with Gasteiger partial charge in [0.05, 0.1) is 18.3 Å². The van der Waals surface area contributed by atoms with E-state index in [1.54, 1.807) is 0 Å². The Hall–Kier alpha value is -3.32. The number of terminal acetylenes is 1. The summed E-state index contributed by atoms with van der Waals surface area (Å²) in [5.74, 6) is 4.25. The van der Waals surface area contributed by atoms with Crippen LogP contribution in [0.3, 0.4) is 0 Å². The molecule has 1 atom stereocenters. The standard InChI is InChI=1S/C25H26N4/c1-4-14-26-23-15-20(13-12-17(23)2)24-16-25(28-18(3)27-24)29-22-11-7-9-19-8-5-6-10-21(19)22/h1,5-6,8,10,12-13,15-16,22,26H,7,9,11,14H2,2-3H3,(H,27,28,29)/t22-/m1/s1.